The maximum absolute atomic E-state index is 12.5. The number of hydrogen-bond acceptors (Lipinski definition) is 5. The molecule has 0 N–H and O–H groups in total. The minimum atomic E-state index is -5.74. The summed E-state index contributed by atoms with van der Waals surface area (Å²) in [4.78, 5) is 8.03. The highest BCUT2D eigenvalue weighted by atomic mass is 32.2. The van der Waals surface area contributed by atoms with Crippen LogP contribution in [0, 0.1) is 0 Å². The maximum Gasteiger partial charge on any atom is 0.534 e. The Morgan fingerprint density at radius 2 is 1.62 bits per heavy atom. The SMILES string of the molecule is CCCCCc1cnc(OS(=O)(=O)C(F)(F)F)c(CCCCC)n1. The third kappa shape index (κ3) is 6.26. The Kier molecular flexibility index (Phi) is 7.92. The molecule has 138 valence electrons. The van der Waals surface area contributed by atoms with Crippen LogP contribution < -0.4 is 4.18 Å². The van der Waals surface area contributed by atoms with Gasteiger partial charge < -0.3 is 4.18 Å². The third-order valence-corrected chi connectivity index (χ3v) is 4.33. The second-order valence-corrected chi connectivity index (χ2v) is 7.05. The predicted octanol–water partition coefficient (Wildman–Crippen LogP) is 4.17. The minimum absolute atomic E-state index is 0.158. The van der Waals surface area contributed by atoms with Crippen LogP contribution in [0.4, 0.5) is 13.2 Å². The molecule has 0 radical (unpaired) electrons. The van der Waals surface area contributed by atoms with E-state index in [1.165, 1.54) is 6.20 Å². The molecular weight excluding hydrogens is 345 g/mol. The van der Waals surface area contributed by atoms with Crippen molar-refractivity contribution in [3.8, 4) is 5.88 Å². The fourth-order valence-corrected chi connectivity index (χ4v) is 2.50. The summed E-state index contributed by atoms with van der Waals surface area (Å²) in [6, 6.07) is 0. The van der Waals surface area contributed by atoms with Crippen molar-refractivity contribution in [1.82, 2.24) is 9.97 Å². The average molecular weight is 368 g/mol. The molecule has 0 aromatic carbocycles. The third-order valence-electron chi connectivity index (χ3n) is 3.38. The van der Waals surface area contributed by atoms with Crippen LogP contribution in [0.1, 0.15) is 63.8 Å². The topological polar surface area (TPSA) is 69.2 Å². The number of aromatic nitrogens is 2. The van der Waals surface area contributed by atoms with Gasteiger partial charge in [-0.3, -0.25) is 4.98 Å². The summed E-state index contributed by atoms with van der Waals surface area (Å²) >= 11 is 0. The summed E-state index contributed by atoms with van der Waals surface area (Å²) in [5.74, 6) is -0.581. The molecule has 0 aliphatic heterocycles. The van der Waals surface area contributed by atoms with Crippen LogP contribution in [0.25, 0.3) is 0 Å². The fourth-order valence-electron chi connectivity index (χ4n) is 2.06. The summed E-state index contributed by atoms with van der Waals surface area (Å²) in [5.41, 5.74) is -4.70. The number of halogens is 3. The van der Waals surface area contributed by atoms with Crippen molar-refractivity contribution in [2.24, 2.45) is 0 Å². The molecule has 0 unspecified atom stereocenters. The first-order valence-electron chi connectivity index (χ1n) is 8.06. The van der Waals surface area contributed by atoms with Crippen molar-refractivity contribution in [2.45, 2.75) is 70.7 Å². The van der Waals surface area contributed by atoms with E-state index >= 15 is 0 Å². The first kappa shape index (κ1) is 20.7. The number of unbranched alkanes of at least 4 members (excludes halogenated alkanes) is 4. The first-order chi connectivity index (χ1) is 11.2. The summed E-state index contributed by atoms with van der Waals surface area (Å²) in [6.07, 6.45) is 7.62. The summed E-state index contributed by atoms with van der Waals surface area (Å²) in [5, 5.41) is 0. The maximum atomic E-state index is 12.5. The molecule has 0 aliphatic rings. The van der Waals surface area contributed by atoms with E-state index in [9.17, 15) is 21.6 Å². The van der Waals surface area contributed by atoms with Crippen molar-refractivity contribution < 1.29 is 25.8 Å². The molecular formula is C15H23F3N2O3S. The highest BCUT2D eigenvalue weighted by Crippen LogP contribution is 2.28. The quantitative estimate of drug-likeness (QED) is 0.352. The lowest BCUT2D eigenvalue weighted by molar-refractivity contribution is -0.0501. The van der Waals surface area contributed by atoms with Crippen LogP contribution >= 0.6 is 0 Å². The van der Waals surface area contributed by atoms with E-state index in [2.05, 4.69) is 21.1 Å². The number of nitrogens with zero attached hydrogens (tertiary/aromatic N) is 2. The molecule has 0 saturated heterocycles. The zero-order chi connectivity index (χ0) is 18.2. The summed E-state index contributed by atoms with van der Waals surface area (Å²) in [7, 11) is -5.74. The van der Waals surface area contributed by atoms with Gasteiger partial charge >= 0.3 is 15.6 Å². The molecule has 0 bridgehead atoms. The zero-order valence-electron chi connectivity index (χ0n) is 13.9. The zero-order valence-corrected chi connectivity index (χ0v) is 14.7. The molecule has 1 heterocycles. The normalized spacial score (nSPS) is 12.4. The molecule has 0 spiro atoms. The number of hydrogen-bond donors (Lipinski definition) is 0. The standard InChI is InChI=1S/C15H23F3N2O3S/c1-3-5-7-9-12-11-19-14(13(20-12)10-8-6-4-2)23-24(21,22)15(16,17)18/h11H,3-10H2,1-2H3. The van der Waals surface area contributed by atoms with Gasteiger partial charge in [0.2, 0.25) is 0 Å². The van der Waals surface area contributed by atoms with E-state index in [0.717, 1.165) is 32.1 Å². The Labute approximate surface area is 140 Å². The Hall–Kier alpha value is -1.38. The van der Waals surface area contributed by atoms with E-state index < -0.39 is 21.5 Å². The van der Waals surface area contributed by atoms with Gasteiger partial charge in [-0.25, -0.2) is 4.98 Å². The lowest BCUT2D eigenvalue weighted by Crippen LogP contribution is -2.29. The highest BCUT2D eigenvalue weighted by molar-refractivity contribution is 7.87. The van der Waals surface area contributed by atoms with E-state index in [4.69, 9.17) is 0 Å². The first-order valence-corrected chi connectivity index (χ1v) is 9.47. The van der Waals surface area contributed by atoms with Gasteiger partial charge in [0, 0.05) is 0 Å². The molecule has 0 atom stereocenters. The van der Waals surface area contributed by atoms with Crippen molar-refractivity contribution >= 4 is 10.1 Å². The van der Waals surface area contributed by atoms with E-state index in [-0.39, 0.29) is 5.69 Å². The largest absolute Gasteiger partial charge is 0.534 e. The van der Waals surface area contributed by atoms with Gasteiger partial charge in [0.15, 0.2) is 0 Å². The van der Waals surface area contributed by atoms with Gasteiger partial charge in [-0.15, -0.1) is 0 Å². The Morgan fingerprint density at radius 3 is 2.17 bits per heavy atom. The molecule has 0 amide bonds. The molecule has 9 heteroatoms. The number of aryl methyl sites for hydroxylation is 2. The molecule has 1 aromatic rings. The predicted molar refractivity (Wildman–Crippen MR) is 84.1 cm³/mol. The molecule has 24 heavy (non-hydrogen) atoms. The number of alkyl halides is 3. The van der Waals surface area contributed by atoms with Gasteiger partial charge in [0.05, 0.1) is 11.9 Å². The summed E-state index contributed by atoms with van der Waals surface area (Å²) in [6.45, 7) is 4.04. The molecule has 0 fully saturated rings. The van der Waals surface area contributed by atoms with Crippen LogP contribution in [-0.2, 0) is 23.0 Å². The fraction of sp³-hybridized carbons (Fsp3) is 0.733. The Balaban J connectivity index is 3.00. The van der Waals surface area contributed by atoms with E-state index in [0.29, 0.717) is 25.0 Å². The van der Waals surface area contributed by atoms with Crippen LogP contribution in [-0.4, -0.2) is 23.9 Å². The summed E-state index contributed by atoms with van der Waals surface area (Å²) < 4.78 is 64.0. The van der Waals surface area contributed by atoms with Crippen LogP contribution in [0.3, 0.4) is 0 Å². The van der Waals surface area contributed by atoms with Crippen molar-refractivity contribution in [2.75, 3.05) is 0 Å². The van der Waals surface area contributed by atoms with Crippen LogP contribution in [0.15, 0.2) is 6.20 Å². The van der Waals surface area contributed by atoms with Crippen molar-refractivity contribution in [3.05, 3.63) is 17.6 Å². The van der Waals surface area contributed by atoms with Crippen LogP contribution in [0.2, 0.25) is 0 Å². The second-order valence-electron chi connectivity index (χ2n) is 5.51. The molecule has 5 nitrogen and oxygen atoms in total. The van der Waals surface area contributed by atoms with Crippen molar-refractivity contribution in [1.29, 1.82) is 0 Å². The molecule has 0 saturated carbocycles. The Morgan fingerprint density at radius 1 is 1.04 bits per heavy atom. The minimum Gasteiger partial charge on any atom is -0.353 e. The molecule has 0 aliphatic carbocycles. The van der Waals surface area contributed by atoms with Gasteiger partial charge in [0.1, 0.15) is 5.69 Å². The number of rotatable bonds is 10. The monoisotopic (exact) mass is 368 g/mol. The van der Waals surface area contributed by atoms with Gasteiger partial charge in [0.25, 0.3) is 5.88 Å². The lowest BCUT2D eigenvalue weighted by atomic mass is 10.1. The van der Waals surface area contributed by atoms with Gasteiger partial charge in [-0.2, -0.15) is 21.6 Å². The average Bonchev–Trinajstić information content (AvgIpc) is 2.48. The van der Waals surface area contributed by atoms with Gasteiger partial charge in [-0.1, -0.05) is 39.5 Å². The van der Waals surface area contributed by atoms with E-state index in [1.54, 1.807) is 0 Å². The second kappa shape index (κ2) is 9.19. The van der Waals surface area contributed by atoms with E-state index in [1.807, 2.05) is 6.92 Å². The lowest BCUT2D eigenvalue weighted by Gasteiger charge is -2.12. The van der Waals surface area contributed by atoms with Crippen molar-refractivity contribution in [3.63, 3.8) is 0 Å². The molecule has 1 aromatic heterocycles. The smallest absolute Gasteiger partial charge is 0.353 e. The molecule has 1 rings (SSSR count). The van der Waals surface area contributed by atoms with Crippen LogP contribution in [0.5, 0.6) is 5.88 Å². The highest BCUT2D eigenvalue weighted by Gasteiger charge is 2.49. The van der Waals surface area contributed by atoms with Gasteiger partial charge in [-0.05, 0) is 25.7 Å². The Bertz CT molecular complexity index is 619.